The van der Waals surface area contributed by atoms with Crippen LogP contribution in [0.1, 0.15) is 13.8 Å². The molecule has 3 aromatic rings. The highest BCUT2D eigenvalue weighted by Gasteiger charge is 2.18. The molecule has 1 amide bonds. The van der Waals surface area contributed by atoms with Crippen molar-refractivity contribution in [3.8, 4) is 0 Å². The zero-order valence-corrected chi connectivity index (χ0v) is 14.5. The van der Waals surface area contributed by atoms with Crippen molar-refractivity contribution in [3.05, 3.63) is 36.9 Å². The van der Waals surface area contributed by atoms with Crippen LogP contribution in [0.3, 0.4) is 0 Å². The molecule has 0 spiro atoms. The molecule has 2 aromatic heterocycles. The number of carbonyl (C=O) groups excluding carboxylic acids is 1. The lowest BCUT2D eigenvalue weighted by molar-refractivity contribution is -0.121. The lowest BCUT2D eigenvalue weighted by atomic mass is 10.3. The molecule has 0 unspecified atom stereocenters. The molecule has 2 heterocycles. The number of rotatable bonds is 6. The van der Waals surface area contributed by atoms with Crippen LogP contribution in [-0.4, -0.2) is 36.9 Å². The van der Waals surface area contributed by atoms with Crippen LogP contribution in [0.4, 0.5) is 0 Å². The number of para-hydroxylation sites is 1. The first-order chi connectivity index (χ1) is 11.1. The van der Waals surface area contributed by atoms with Crippen molar-refractivity contribution >= 4 is 39.2 Å². The van der Waals surface area contributed by atoms with Crippen LogP contribution >= 0.6 is 23.1 Å². The normalized spacial score (nSPS) is 13.8. The van der Waals surface area contributed by atoms with Crippen LogP contribution in [0.25, 0.3) is 10.2 Å². The summed E-state index contributed by atoms with van der Waals surface area (Å²) in [5, 5.41) is 6.84. The van der Waals surface area contributed by atoms with Gasteiger partial charge in [-0.3, -0.25) is 9.48 Å². The fourth-order valence-corrected chi connectivity index (χ4v) is 4.34. The van der Waals surface area contributed by atoms with E-state index in [0.717, 1.165) is 14.6 Å². The molecule has 0 aliphatic carbocycles. The number of thiazole rings is 1. The average Bonchev–Trinajstić information content (AvgIpc) is 3.15. The van der Waals surface area contributed by atoms with Gasteiger partial charge in [0.25, 0.3) is 0 Å². The quantitative estimate of drug-likeness (QED) is 0.694. The first-order valence-electron chi connectivity index (χ1n) is 7.27. The molecule has 0 fully saturated rings. The van der Waals surface area contributed by atoms with Gasteiger partial charge < -0.3 is 5.32 Å². The molecule has 1 aromatic carbocycles. The van der Waals surface area contributed by atoms with E-state index >= 15 is 0 Å². The number of fused-ring (bicyclic) bond motifs is 1. The fourth-order valence-electron chi connectivity index (χ4n) is 2.12. The van der Waals surface area contributed by atoms with Gasteiger partial charge in [-0.1, -0.05) is 23.9 Å². The Bertz CT molecular complexity index is 753. The van der Waals surface area contributed by atoms with Crippen LogP contribution in [-0.2, 0) is 11.3 Å². The predicted molar refractivity (Wildman–Crippen MR) is 92.6 cm³/mol. The minimum absolute atomic E-state index is 0.00173. The molecular formula is C15H17N5OS2. The van der Waals surface area contributed by atoms with Crippen LogP contribution in [0, 0.1) is 0 Å². The van der Waals surface area contributed by atoms with Crippen LogP contribution in [0.5, 0.6) is 0 Å². The zero-order valence-electron chi connectivity index (χ0n) is 12.8. The van der Waals surface area contributed by atoms with Gasteiger partial charge >= 0.3 is 0 Å². The Kier molecular flexibility index (Phi) is 4.92. The predicted octanol–water partition coefficient (Wildman–Crippen LogP) is 2.57. The SMILES string of the molecule is C[C@H](Cn1cncn1)NC(=O)[C@H](C)Sc1nc2ccccc2s1. The number of carbonyl (C=O) groups is 1. The molecule has 23 heavy (non-hydrogen) atoms. The van der Waals surface area contributed by atoms with E-state index in [-0.39, 0.29) is 17.2 Å². The van der Waals surface area contributed by atoms with Crippen molar-refractivity contribution in [2.45, 2.75) is 36.0 Å². The number of benzene rings is 1. The largest absolute Gasteiger partial charge is 0.351 e. The van der Waals surface area contributed by atoms with E-state index in [9.17, 15) is 4.79 Å². The number of aromatic nitrogens is 4. The number of hydrogen-bond acceptors (Lipinski definition) is 6. The minimum Gasteiger partial charge on any atom is -0.351 e. The Morgan fingerprint density at radius 1 is 1.39 bits per heavy atom. The van der Waals surface area contributed by atoms with Crippen molar-refractivity contribution in [3.63, 3.8) is 0 Å². The molecular weight excluding hydrogens is 330 g/mol. The highest BCUT2D eigenvalue weighted by molar-refractivity contribution is 8.02. The number of amides is 1. The summed E-state index contributed by atoms with van der Waals surface area (Å²) in [5.74, 6) is 0.00173. The molecule has 0 saturated carbocycles. The monoisotopic (exact) mass is 347 g/mol. The van der Waals surface area contributed by atoms with Gasteiger partial charge in [0.15, 0.2) is 4.34 Å². The van der Waals surface area contributed by atoms with Gasteiger partial charge in [0.2, 0.25) is 5.91 Å². The van der Waals surface area contributed by atoms with E-state index in [0.29, 0.717) is 6.54 Å². The van der Waals surface area contributed by atoms with Gasteiger partial charge in [0.1, 0.15) is 12.7 Å². The van der Waals surface area contributed by atoms with Crippen LogP contribution < -0.4 is 5.32 Å². The molecule has 3 rings (SSSR count). The Morgan fingerprint density at radius 3 is 2.96 bits per heavy atom. The molecule has 0 aliphatic rings. The summed E-state index contributed by atoms with van der Waals surface area (Å²) < 4.78 is 3.76. The highest BCUT2D eigenvalue weighted by Crippen LogP contribution is 2.31. The zero-order chi connectivity index (χ0) is 16.2. The maximum Gasteiger partial charge on any atom is 0.233 e. The molecule has 1 N–H and O–H groups in total. The lowest BCUT2D eigenvalue weighted by Crippen LogP contribution is -2.39. The molecule has 0 aliphatic heterocycles. The third kappa shape index (κ3) is 4.08. The summed E-state index contributed by atoms with van der Waals surface area (Å²) in [6.45, 7) is 4.45. The first-order valence-corrected chi connectivity index (χ1v) is 8.96. The van der Waals surface area contributed by atoms with E-state index in [4.69, 9.17) is 0 Å². The van der Waals surface area contributed by atoms with Crippen molar-refractivity contribution in [1.82, 2.24) is 25.1 Å². The van der Waals surface area contributed by atoms with Gasteiger partial charge in [-0.25, -0.2) is 9.97 Å². The van der Waals surface area contributed by atoms with Gasteiger partial charge in [-0.2, -0.15) is 5.10 Å². The number of thioether (sulfide) groups is 1. The molecule has 8 heteroatoms. The molecule has 0 radical (unpaired) electrons. The van der Waals surface area contributed by atoms with Crippen LogP contribution in [0.15, 0.2) is 41.3 Å². The summed E-state index contributed by atoms with van der Waals surface area (Å²) in [7, 11) is 0. The Balaban J connectivity index is 1.56. The molecule has 120 valence electrons. The Labute approximate surface area is 142 Å². The van der Waals surface area contributed by atoms with E-state index < -0.39 is 0 Å². The summed E-state index contributed by atoms with van der Waals surface area (Å²) in [4.78, 5) is 20.7. The second kappa shape index (κ2) is 7.10. The van der Waals surface area contributed by atoms with Gasteiger partial charge in [0, 0.05) is 6.04 Å². The Hall–Kier alpha value is -1.93. The molecule has 2 atom stereocenters. The van der Waals surface area contributed by atoms with Crippen molar-refractivity contribution < 1.29 is 4.79 Å². The van der Waals surface area contributed by atoms with Gasteiger partial charge in [0.05, 0.1) is 22.0 Å². The number of nitrogens with zero attached hydrogens (tertiary/aromatic N) is 4. The average molecular weight is 347 g/mol. The van der Waals surface area contributed by atoms with Crippen molar-refractivity contribution in [2.75, 3.05) is 0 Å². The third-order valence-corrected chi connectivity index (χ3v) is 5.47. The minimum atomic E-state index is -0.200. The highest BCUT2D eigenvalue weighted by atomic mass is 32.2. The fraction of sp³-hybridized carbons (Fsp3) is 0.333. The maximum atomic E-state index is 12.3. The standard InChI is InChI=1S/C15H17N5OS2/c1-10(7-20-9-16-8-17-20)18-14(21)11(2)22-15-19-12-5-3-4-6-13(12)23-15/h3-6,8-11H,7H2,1-2H3,(H,18,21)/t10-,11+/m1/s1. The second-order valence-corrected chi connectivity index (χ2v) is 7.85. The van der Waals surface area contributed by atoms with E-state index in [1.807, 2.05) is 38.1 Å². The van der Waals surface area contributed by atoms with E-state index in [1.54, 1.807) is 22.3 Å². The second-order valence-electron chi connectivity index (χ2n) is 5.23. The van der Waals surface area contributed by atoms with Gasteiger partial charge in [-0.05, 0) is 26.0 Å². The first kappa shape index (κ1) is 15.9. The topological polar surface area (TPSA) is 72.7 Å². The summed E-state index contributed by atoms with van der Waals surface area (Å²) in [6, 6.07) is 7.99. The van der Waals surface area contributed by atoms with E-state index in [2.05, 4.69) is 20.4 Å². The smallest absolute Gasteiger partial charge is 0.233 e. The summed E-state index contributed by atoms with van der Waals surface area (Å²) in [5.41, 5.74) is 0.979. The Morgan fingerprint density at radius 2 is 2.22 bits per heavy atom. The summed E-state index contributed by atoms with van der Waals surface area (Å²) in [6.07, 6.45) is 3.13. The molecule has 6 nitrogen and oxygen atoms in total. The van der Waals surface area contributed by atoms with Gasteiger partial charge in [-0.15, -0.1) is 11.3 Å². The van der Waals surface area contributed by atoms with Crippen molar-refractivity contribution in [2.24, 2.45) is 0 Å². The third-order valence-electron chi connectivity index (χ3n) is 3.24. The number of hydrogen-bond donors (Lipinski definition) is 1. The molecule has 0 saturated heterocycles. The van der Waals surface area contributed by atoms with Crippen LogP contribution in [0.2, 0.25) is 0 Å². The summed E-state index contributed by atoms with van der Waals surface area (Å²) >= 11 is 3.10. The lowest BCUT2D eigenvalue weighted by Gasteiger charge is -2.16. The van der Waals surface area contributed by atoms with E-state index in [1.165, 1.54) is 18.1 Å². The maximum absolute atomic E-state index is 12.3. The number of nitrogens with one attached hydrogen (secondary N) is 1. The van der Waals surface area contributed by atoms with Crippen molar-refractivity contribution in [1.29, 1.82) is 0 Å². The molecule has 0 bridgehead atoms.